The Kier molecular flexibility index (Phi) is 3.19. The predicted octanol–water partition coefficient (Wildman–Crippen LogP) is 2.86. The molecule has 1 aromatic carbocycles. The monoisotopic (exact) mass is 247 g/mol. The van der Waals surface area contributed by atoms with Gasteiger partial charge in [0, 0.05) is 17.1 Å². The summed E-state index contributed by atoms with van der Waals surface area (Å²) in [7, 11) is 0. The molecule has 0 aliphatic heterocycles. The first-order valence-corrected chi connectivity index (χ1v) is 5.64. The molecule has 1 N–H and O–H groups in total. The van der Waals surface area contributed by atoms with Crippen LogP contribution in [0.1, 0.15) is 17.0 Å². The summed E-state index contributed by atoms with van der Waals surface area (Å²) in [4.78, 5) is 10.8. The fourth-order valence-corrected chi connectivity index (χ4v) is 2.13. The molecule has 1 heterocycles. The van der Waals surface area contributed by atoms with Gasteiger partial charge >= 0.3 is 5.97 Å². The average molecular weight is 247 g/mol. The Bertz CT molecular complexity index is 582. The Hall–Kier alpha value is -2.10. The van der Waals surface area contributed by atoms with Crippen molar-refractivity contribution in [3.63, 3.8) is 0 Å². The van der Waals surface area contributed by atoms with E-state index in [0.29, 0.717) is 5.56 Å². The lowest BCUT2D eigenvalue weighted by Crippen LogP contribution is -2.08. The first kappa shape index (κ1) is 12.4. The molecule has 0 aliphatic carbocycles. The smallest absolute Gasteiger partial charge is 0.307 e. The van der Waals surface area contributed by atoms with E-state index in [9.17, 15) is 9.18 Å². The molecule has 2 rings (SSSR count). The normalized spacial score (nSPS) is 10.6. The number of hydrogen-bond donors (Lipinski definition) is 1. The molecule has 94 valence electrons. The summed E-state index contributed by atoms with van der Waals surface area (Å²) in [5.74, 6) is -1.39. The van der Waals surface area contributed by atoms with Gasteiger partial charge in [-0.3, -0.25) is 4.79 Å². The quantitative estimate of drug-likeness (QED) is 0.906. The van der Waals surface area contributed by atoms with Crippen molar-refractivity contribution in [2.75, 3.05) is 0 Å². The van der Waals surface area contributed by atoms with Gasteiger partial charge < -0.3 is 9.67 Å². The van der Waals surface area contributed by atoms with Crippen molar-refractivity contribution in [2.45, 2.75) is 20.3 Å². The molecule has 0 aliphatic rings. The Morgan fingerprint density at radius 1 is 1.22 bits per heavy atom. The lowest BCUT2D eigenvalue weighted by Gasteiger charge is -2.14. The van der Waals surface area contributed by atoms with Crippen LogP contribution in [0.5, 0.6) is 0 Å². The molecule has 0 unspecified atom stereocenters. The van der Waals surface area contributed by atoms with Crippen LogP contribution in [0.25, 0.3) is 5.69 Å². The van der Waals surface area contributed by atoms with Crippen LogP contribution in [0.2, 0.25) is 0 Å². The molecular formula is C14H14FNO2. The number of benzene rings is 1. The molecular weight excluding hydrogens is 233 g/mol. The zero-order valence-electron chi connectivity index (χ0n) is 10.3. The van der Waals surface area contributed by atoms with Gasteiger partial charge in [-0.25, -0.2) is 4.39 Å². The van der Waals surface area contributed by atoms with Gasteiger partial charge in [0.1, 0.15) is 5.82 Å². The molecule has 0 fully saturated rings. The molecule has 0 amide bonds. The largest absolute Gasteiger partial charge is 0.481 e. The topological polar surface area (TPSA) is 42.2 Å². The second kappa shape index (κ2) is 4.64. The van der Waals surface area contributed by atoms with E-state index >= 15 is 0 Å². The molecule has 0 bridgehead atoms. The number of nitrogens with zero attached hydrogens (tertiary/aromatic N) is 1. The van der Waals surface area contributed by atoms with Crippen LogP contribution in [-0.4, -0.2) is 15.6 Å². The highest BCUT2D eigenvalue weighted by atomic mass is 19.1. The summed E-state index contributed by atoms with van der Waals surface area (Å²) >= 11 is 0. The van der Waals surface area contributed by atoms with E-state index < -0.39 is 11.8 Å². The molecule has 0 saturated heterocycles. The summed E-state index contributed by atoms with van der Waals surface area (Å²) in [6.45, 7) is 3.86. The van der Waals surface area contributed by atoms with Gasteiger partial charge in [-0.15, -0.1) is 0 Å². The third kappa shape index (κ3) is 2.27. The van der Waals surface area contributed by atoms with Crippen LogP contribution in [0.15, 0.2) is 30.3 Å². The molecule has 1 aromatic heterocycles. The molecule has 4 heteroatoms. The minimum Gasteiger partial charge on any atom is -0.481 e. The lowest BCUT2D eigenvalue weighted by molar-refractivity contribution is -0.136. The Labute approximate surface area is 104 Å². The number of aromatic nitrogens is 1. The fraction of sp³-hybridized carbons (Fsp3) is 0.214. The van der Waals surface area contributed by atoms with E-state index in [4.69, 9.17) is 5.11 Å². The maximum atomic E-state index is 13.2. The van der Waals surface area contributed by atoms with Gasteiger partial charge in [0.15, 0.2) is 0 Å². The number of aliphatic carboxylic acids is 1. The second-order valence-corrected chi connectivity index (χ2v) is 4.30. The summed E-state index contributed by atoms with van der Waals surface area (Å²) in [5.41, 5.74) is 3.18. The Morgan fingerprint density at radius 3 is 2.39 bits per heavy atom. The molecule has 0 saturated carbocycles. The molecule has 3 nitrogen and oxygen atoms in total. The van der Waals surface area contributed by atoms with Gasteiger partial charge in [0.05, 0.1) is 6.42 Å². The second-order valence-electron chi connectivity index (χ2n) is 4.30. The lowest BCUT2D eigenvalue weighted by atomic mass is 10.1. The number of carbonyl (C=O) groups is 1. The zero-order chi connectivity index (χ0) is 13.3. The van der Waals surface area contributed by atoms with E-state index in [1.807, 2.05) is 30.5 Å². The predicted molar refractivity (Wildman–Crippen MR) is 66.5 cm³/mol. The van der Waals surface area contributed by atoms with E-state index in [1.54, 1.807) is 6.07 Å². The van der Waals surface area contributed by atoms with Crippen LogP contribution in [0, 0.1) is 19.7 Å². The highest BCUT2D eigenvalue weighted by molar-refractivity contribution is 5.72. The number of carboxylic acids is 1. The third-order valence-electron chi connectivity index (χ3n) is 2.90. The third-order valence-corrected chi connectivity index (χ3v) is 2.90. The van der Waals surface area contributed by atoms with Crippen LogP contribution < -0.4 is 0 Å². The van der Waals surface area contributed by atoms with E-state index in [1.165, 1.54) is 12.1 Å². The summed E-state index contributed by atoms with van der Waals surface area (Å²) < 4.78 is 15.2. The van der Waals surface area contributed by atoms with Crippen LogP contribution in [0.3, 0.4) is 0 Å². The van der Waals surface area contributed by atoms with Crippen molar-refractivity contribution >= 4 is 5.97 Å². The summed E-state index contributed by atoms with van der Waals surface area (Å²) in [6, 6.07) is 8.14. The van der Waals surface area contributed by atoms with Gasteiger partial charge in [-0.1, -0.05) is 0 Å². The highest BCUT2D eigenvalue weighted by Crippen LogP contribution is 2.21. The minimum atomic E-state index is -0.968. The van der Waals surface area contributed by atoms with Crippen molar-refractivity contribution in [3.05, 3.63) is 53.1 Å². The molecule has 2 aromatic rings. The van der Waals surface area contributed by atoms with Gasteiger partial charge in [0.25, 0.3) is 0 Å². The number of hydrogen-bond acceptors (Lipinski definition) is 1. The zero-order valence-corrected chi connectivity index (χ0v) is 10.3. The maximum absolute atomic E-state index is 13.2. The SMILES string of the molecule is Cc1ccc(C)n1-c1ccc(F)cc1CC(=O)O. The number of halogens is 1. The van der Waals surface area contributed by atoms with E-state index in [2.05, 4.69) is 0 Å². The Balaban J connectivity index is 2.60. The maximum Gasteiger partial charge on any atom is 0.307 e. The van der Waals surface area contributed by atoms with Crippen molar-refractivity contribution in [1.82, 2.24) is 4.57 Å². The van der Waals surface area contributed by atoms with Crippen LogP contribution >= 0.6 is 0 Å². The summed E-state index contributed by atoms with van der Waals surface area (Å²) in [6.07, 6.45) is -0.190. The van der Waals surface area contributed by atoms with Gasteiger partial charge in [0.2, 0.25) is 0 Å². The van der Waals surface area contributed by atoms with Gasteiger partial charge in [-0.2, -0.15) is 0 Å². The fourth-order valence-electron chi connectivity index (χ4n) is 2.13. The first-order valence-electron chi connectivity index (χ1n) is 5.64. The average Bonchev–Trinajstić information content (AvgIpc) is 2.59. The van der Waals surface area contributed by atoms with Crippen LogP contribution in [-0.2, 0) is 11.2 Å². The number of carboxylic acid groups (broad SMARTS) is 1. The van der Waals surface area contributed by atoms with Crippen molar-refractivity contribution in [3.8, 4) is 5.69 Å². The van der Waals surface area contributed by atoms with Gasteiger partial charge in [-0.05, 0) is 49.7 Å². The van der Waals surface area contributed by atoms with E-state index in [0.717, 1.165) is 17.1 Å². The first-order chi connectivity index (χ1) is 8.49. The Morgan fingerprint density at radius 2 is 1.83 bits per heavy atom. The molecule has 0 spiro atoms. The highest BCUT2D eigenvalue weighted by Gasteiger charge is 2.12. The number of aryl methyl sites for hydroxylation is 2. The molecule has 0 atom stereocenters. The van der Waals surface area contributed by atoms with Crippen molar-refractivity contribution in [2.24, 2.45) is 0 Å². The summed E-state index contributed by atoms with van der Waals surface area (Å²) in [5, 5.41) is 8.89. The van der Waals surface area contributed by atoms with E-state index in [-0.39, 0.29) is 6.42 Å². The van der Waals surface area contributed by atoms with Crippen LogP contribution in [0.4, 0.5) is 4.39 Å². The minimum absolute atomic E-state index is 0.190. The van der Waals surface area contributed by atoms with Crippen molar-refractivity contribution in [1.29, 1.82) is 0 Å². The standard InChI is InChI=1S/C14H14FNO2/c1-9-3-4-10(2)16(9)13-6-5-12(15)7-11(13)8-14(17)18/h3-7H,8H2,1-2H3,(H,17,18). The molecule has 0 radical (unpaired) electrons. The molecule has 18 heavy (non-hydrogen) atoms. The number of rotatable bonds is 3. The van der Waals surface area contributed by atoms with Crippen molar-refractivity contribution < 1.29 is 14.3 Å².